The summed E-state index contributed by atoms with van der Waals surface area (Å²) in [4.78, 5) is 2.45. The summed E-state index contributed by atoms with van der Waals surface area (Å²) in [6.45, 7) is 4.94. The first-order valence-corrected chi connectivity index (χ1v) is 8.87. The Morgan fingerprint density at radius 3 is 2.48 bits per heavy atom. The van der Waals surface area contributed by atoms with Gasteiger partial charge in [0.1, 0.15) is 0 Å². The third-order valence-electron chi connectivity index (χ3n) is 3.89. The molecular weight excluding hydrogens is 374 g/mol. The summed E-state index contributed by atoms with van der Waals surface area (Å²) < 4.78 is 1.08. The minimum Gasteiger partial charge on any atom is -0.295 e. The van der Waals surface area contributed by atoms with Gasteiger partial charge in [-0.1, -0.05) is 51.8 Å². The van der Waals surface area contributed by atoms with Crippen molar-refractivity contribution in [3.05, 3.63) is 69.2 Å². The molecule has 0 bridgehead atoms. The van der Waals surface area contributed by atoms with Gasteiger partial charge in [0, 0.05) is 42.2 Å². The predicted octanol–water partition coefficient (Wildman–Crippen LogP) is 4.25. The Balaban J connectivity index is 1.49. The van der Waals surface area contributed by atoms with Gasteiger partial charge in [-0.3, -0.25) is 9.91 Å². The lowest BCUT2D eigenvalue weighted by molar-refractivity contribution is 0.131. The molecule has 120 valence electrons. The van der Waals surface area contributed by atoms with E-state index < -0.39 is 0 Å². The molecule has 2 aromatic carbocycles. The molecule has 1 fully saturated rings. The maximum absolute atomic E-state index is 5.93. The highest BCUT2D eigenvalue weighted by molar-refractivity contribution is 9.10. The van der Waals surface area contributed by atoms with E-state index in [9.17, 15) is 0 Å². The number of halogens is 2. The molecule has 0 N–H and O–H groups in total. The van der Waals surface area contributed by atoms with Crippen molar-refractivity contribution in [3.63, 3.8) is 0 Å². The van der Waals surface area contributed by atoms with Gasteiger partial charge >= 0.3 is 0 Å². The molecule has 3 nitrogen and oxygen atoms in total. The molecule has 0 aromatic heterocycles. The molecule has 5 heteroatoms. The zero-order chi connectivity index (χ0) is 16.1. The van der Waals surface area contributed by atoms with E-state index in [4.69, 9.17) is 11.6 Å². The smallest absolute Gasteiger partial charge is 0.0543 e. The lowest BCUT2D eigenvalue weighted by atomic mass is 10.2. The van der Waals surface area contributed by atoms with E-state index in [0.717, 1.165) is 47.8 Å². The van der Waals surface area contributed by atoms with E-state index in [2.05, 4.69) is 55.2 Å². The van der Waals surface area contributed by atoms with Crippen LogP contribution >= 0.6 is 27.5 Å². The van der Waals surface area contributed by atoms with E-state index >= 15 is 0 Å². The highest BCUT2D eigenvalue weighted by Crippen LogP contribution is 2.13. The minimum absolute atomic E-state index is 0.792. The van der Waals surface area contributed by atoms with Crippen molar-refractivity contribution in [2.24, 2.45) is 5.10 Å². The molecule has 1 aliphatic heterocycles. The van der Waals surface area contributed by atoms with Crippen LogP contribution in [0.15, 0.2) is 58.1 Å². The van der Waals surface area contributed by atoms with Gasteiger partial charge in [0.2, 0.25) is 0 Å². The maximum Gasteiger partial charge on any atom is 0.0543 e. The summed E-state index contributed by atoms with van der Waals surface area (Å²) in [5.74, 6) is 0. The Bertz CT molecular complexity index is 664. The topological polar surface area (TPSA) is 18.8 Å². The van der Waals surface area contributed by atoms with Crippen LogP contribution in [0.4, 0.5) is 0 Å². The second-order valence-electron chi connectivity index (χ2n) is 5.66. The first-order chi connectivity index (χ1) is 11.2. The van der Waals surface area contributed by atoms with Crippen LogP contribution in [0.25, 0.3) is 0 Å². The molecule has 1 saturated heterocycles. The van der Waals surface area contributed by atoms with Gasteiger partial charge in [-0.2, -0.15) is 5.10 Å². The molecule has 1 aliphatic rings. The normalized spacial score (nSPS) is 16.2. The molecule has 0 spiro atoms. The molecular formula is C18H19BrClN3. The van der Waals surface area contributed by atoms with Crippen molar-refractivity contribution in [1.82, 2.24) is 9.91 Å². The highest BCUT2D eigenvalue weighted by Gasteiger charge is 2.15. The standard InChI is InChI=1S/C18H19BrClN3/c19-17-3-1-2-16(12-17)13-21-23-10-8-22(9-11-23)14-15-4-6-18(20)7-5-15/h1-7,12-13H,8-11,14H2/b21-13+. The van der Waals surface area contributed by atoms with Crippen molar-refractivity contribution >= 4 is 33.7 Å². The van der Waals surface area contributed by atoms with E-state index in [1.54, 1.807) is 0 Å². The lowest BCUT2D eigenvalue weighted by Crippen LogP contribution is -2.43. The second-order valence-corrected chi connectivity index (χ2v) is 7.01. The van der Waals surface area contributed by atoms with Gasteiger partial charge in [0.25, 0.3) is 0 Å². The molecule has 3 rings (SSSR count). The van der Waals surface area contributed by atoms with Gasteiger partial charge < -0.3 is 0 Å². The summed E-state index contributed by atoms with van der Waals surface area (Å²) in [6.07, 6.45) is 1.93. The molecule has 0 aliphatic carbocycles. The fourth-order valence-corrected chi connectivity index (χ4v) is 3.14. The van der Waals surface area contributed by atoms with Crippen LogP contribution in [0.1, 0.15) is 11.1 Å². The average molecular weight is 393 g/mol. The summed E-state index contributed by atoms with van der Waals surface area (Å²) in [6, 6.07) is 16.3. The number of rotatable bonds is 4. The first-order valence-electron chi connectivity index (χ1n) is 7.70. The van der Waals surface area contributed by atoms with Crippen molar-refractivity contribution in [2.75, 3.05) is 26.2 Å². The van der Waals surface area contributed by atoms with Crippen molar-refractivity contribution in [1.29, 1.82) is 0 Å². The lowest BCUT2D eigenvalue weighted by Gasteiger charge is -2.33. The van der Waals surface area contributed by atoms with E-state index in [-0.39, 0.29) is 0 Å². The van der Waals surface area contributed by atoms with Crippen LogP contribution in [0.5, 0.6) is 0 Å². The molecule has 0 radical (unpaired) electrons. The number of benzene rings is 2. The Hall–Kier alpha value is -1.36. The van der Waals surface area contributed by atoms with Crippen LogP contribution in [0, 0.1) is 0 Å². The number of hydrazone groups is 1. The maximum atomic E-state index is 5.93. The third-order valence-corrected chi connectivity index (χ3v) is 4.63. The van der Waals surface area contributed by atoms with E-state index in [1.165, 1.54) is 5.56 Å². The number of nitrogens with zero attached hydrogens (tertiary/aromatic N) is 3. The zero-order valence-electron chi connectivity index (χ0n) is 12.8. The fourth-order valence-electron chi connectivity index (χ4n) is 2.59. The Morgan fingerprint density at radius 2 is 1.78 bits per heavy atom. The highest BCUT2D eigenvalue weighted by atomic mass is 79.9. The monoisotopic (exact) mass is 391 g/mol. The first kappa shape index (κ1) is 16.5. The number of hydrogen-bond donors (Lipinski definition) is 0. The van der Waals surface area contributed by atoms with Crippen molar-refractivity contribution < 1.29 is 0 Å². The molecule has 0 atom stereocenters. The average Bonchev–Trinajstić information content (AvgIpc) is 2.56. The van der Waals surface area contributed by atoms with Gasteiger partial charge in [-0.05, 0) is 35.4 Å². The van der Waals surface area contributed by atoms with Crippen LogP contribution in [0.3, 0.4) is 0 Å². The van der Waals surface area contributed by atoms with Gasteiger partial charge in [0.05, 0.1) is 6.21 Å². The molecule has 2 aromatic rings. The third kappa shape index (κ3) is 5.06. The van der Waals surface area contributed by atoms with Crippen LogP contribution < -0.4 is 0 Å². The number of hydrogen-bond acceptors (Lipinski definition) is 3. The predicted molar refractivity (Wildman–Crippen MR) is 100 cm³/mol. The minimum atomic E-state index is 0.792. The molecule has 0 unspecified atom stereocenters. The van der Waals surface area contributed by atoms with Gasteiger partial charge in [0.15, 0.2) is 0 Å². The zero-order valence-corrected chi connectivity index (χ0v) is 15.2. The number of piperazine rings is 1. The van der Waals surface area contributed by atoms with Crippen LogP contribution in [-0.2, 0) is 6.54 Å². The quantitative estimate of drug-likeness (QED) is 0.724. The Morgan fingerprint density at radius 1 is 1.04 bits per heavy atom. The van der Waals surface area contributed by atoms with Crippen molar-refractivity contribution in [3.8, 4) is 0 Å². The molecule has 0 saturated carbocycles. The Labute approximate surface area is 150 Å². The second kappa shape index (κ2) is 7.95. The summed E-state index contributed by atoms with van der Waals surface area (Å²) in [7, 11) is 0. The molecule has 0 amide bonds. The Kier molecular flexibility index (Phi) is 5.70. The summed E-state index contributed by atoms with van der Waals surface area (Å²) in [5.41, 5.74) is 2.42. The fraction of sp³-hybridized carbons (Fsp3) is 0.278. The SMILES string of the molecule is Clc1ccc(CN2CCN(/N=C/c3cccc(Br)c3)CC2)cc1. The van der Waals surface area contributed by atoms with Crippen LogP contribution in [-0.4, -0.2) is 42.3 Å². The summed E-state index contributed by atoms with van der Waals surface area (Å²) >= 11 is 9.41. The van der Waals surface area contributed by atoms with Crippen LogP contribution in [0.2, 0.25) is 5.02 Å². The van der Waals surface area contributed by atoms with E-state index in [1.807, 2.05) is 30.5 Å². The van der Waals surface area contributed by atoms with Gasteiger partial charge in [-0.15, -0.1) is 0 Å². The molecule has 23 heavy (non-hydrogen) atoms. The largest absolute Gasteiger partial charge is 0.295 e. The van der Waals surface area contributed by atoms with E-state index in [0.29, 0.717) is 0 Å². The van der Waals surface area contributed by atoms with Gasteiger partial charge in [-0.25, -0.2) is 0 Å². The molecule has 1 heterocycles. The summed E-state index contributed by atoms with van der Waals surface area (Å²) in [5, 5.41) is 7.52. The van der Waals surface area contributed by atoms with Crippen molar-refractivity contribution in [2.45, 2.75) is 6.54 Å².